The molecule has 0 amide bonds. The number of nitrogens with one attached hydrogen (secondary N) is 1. The van der Waals surface area contributed by atoms with Gasteiger partial charge in [0.05, 0.1) is 0 Å². The van der Waals surface area contributed by atoms with Gasteiger partial charge < -0.3 is 10.2 Å². The van der Waals surface area contributed by atoms with Gasteiger partial charge in [0.1, 0.15) is 0 Å². The molecule has 0 bridgehead atoms. The monoisotopic (exact) mass is 267 g/mol. The van der Waals surface area contributed by atoms with E-state index in [1.807, 2.05) is 0 Å². The van der Waals surface area contributed by atoms with Crippen molar-refractivity contribution in [1.82, 2.24) is 15.1 Å². The van der Waals surface area contributed by atoms with Gasteiger partial charge in [0, 0.05) is 31.2 Å². The van der Waals surface area contributed by atoms with Crippen LogP contribution in [0.5, 0.6) is 0 Å². The molecule has 3 heteroatoms. The summed E-state index contributed by atoms with van der Waals surface area (Å²) >= 11 is 0. The zero-order valence-electron chi connectivity index (χ0n) is 13.4. The number of piperidine rings is 1. The van der Waals surface area contributed by atoms with Crippen molar-refractivity contribution in [3.8, 4) is 0 Å². The van der Waals surface area contributed by atoms with Gasteiger partial charge in [-0.05, 0) is 52.2 Å². The van der Waals surface area contributed by atoms with Gasteiger partial charge in [0.25, 0.3) is 0 Å². The zero-order valence-corrected chi connectivity index (χ0v) is 13.4. The van der Waals surface area contributed by atoms with Gasteiger partial charge in [-0.15, -0.1) is 0 Å². The van der Waals surface area contributed by atoms with E-state index in [4.69, 9.17) is 0 Å². The summed E-state index contributed by atoms with van der Waals surface area (Å²) in [5.74, 6) is 0.779. The van der Waals surface area contributed by atoms with Crippen molar-refractivity contribution >= 4 is 0 Å². The summed E-state index contributed by atoms with van der Waals surface area (Å²) in [7, 11) is 4.38. The minimum atomic E-state index is 0.655. The van der Waals surface area contributed by atoms with Crippen molar-refractivity contribution in [1.29, 1.82) is 0 Å². The Kier molecular flexibility index (Phi) is 5.67. The number of hydrogen-bond donors (Lipinski definition) is 1. The first-order valence-electron chi connectivity index (χ1n) is 8.21. The molecule has 0 aromatic rings. The molecule has 3 unspecified atom stereocenters. The van der Waals surface area contributed by atoms with Crippen LogP contribution in [0.15, 0.2) is 0 Å². The minimum absolute atomic E-state index is 0.655. The number of hydrogen-bond acceptors (Lipinski definition) is 3. The maximum atomic E-state index is 3.99. The quantitative estimate of drug-likeness (QED) is 0.796. The van der Waals surface area contributed by atoms with E-state index in [1.165, 1.54) is 51.7 Å². The summed E-state index contributed by atoms with van der Waals surface area (Å²) in [6, 6.07) is 2.22. The van der Waals surface area contributed by atoms with Crippen LogP contribution >= 0.6 is 0 Å². The van der Waals surface area contributed by atoms with Gasteiger partial charge >= 0.3 is 0 Å². The fraction of sp³-hybridized carbons (Fsp3) is 1.00. The highest BCUT2D eigenvalue weighted by molar-refractivity contribution is 4.95. The summed E-state index contributed by atoms with van der Waals surface area (Å²) < 4.78 is 0. The predicted molar refractivity (Wildman–Crippen MR) is 82.5 cm³/mol. The van der Waals surface area contributed by atoms with Crippen LogP contribution in [0.25, 0.3) is 0 Å². The van der Waals surface area contributed by atoms with Crippen LogP contribution in [0, 0.1) is 5.92 Å². The van der Waals surface area contributed by atoms with Gasteiger partial charge in [-0.1, -0.05) is 20.3 Å². The molecule has 3 nitrogen and oxygen atoms in total. The summed E-state index contributed by atoms with van der Waals surface area (Å²) in [6.45, 7) is 8.50. The third kappa shape index (κ3) is 4.44. The molecule has 0 aliphatic carbocycles. The van der Waals surface area contributed by atoms with Crippen molar-refractivity contribution in [2.24, 2.45) is 5.92 Å². The van der Waals surface area contributed by atoms with Gasteiger partial charge in [-0.3, -0.25) is 4.90 Å². The van der Waals surface area contributed by atoms with Crippen LogP contribution < -0.4 is 5.32 Å². The lowest BCUT2D eigenvalue weighted by Gasteiger charge is -2.35. The van der Waals surface area contributed by atoms with Crippen molar-refractivity contribution in [2.45, 2.75) is 64.1 Å². The van der Waals surface area contributed by atoms with E-state index in [2.05, 4.69) is 43.1 Å². The Morgan fingerprint density at radius 1 is 1.16 bits per heavy atom. The highest BCUT2D eigenvalue weighted by Gasteiger charge is 2.36. The Bertz CT molecular complexity index is 255. The molecule has 2 aliphatic rings. The smallest absolute Gasteiger partial charge is 0.0249 e. The van der Waals surface area contributed by atoms with Crippen molar-refractivity contribution in [3.63, 3.8) is 0 Å². The highest BCUT2D eigenvalue weighted by Crippen LogP contribution is 2.27. The van der Waals surface area contributed by atoms with Crippen LogP contribution in [-0.4, -0.2) is 61.7 Å². The third-order valence-corrected chi connectivity index (χ3v) is 4.65. The standard InChI is InChI=1S/C16H33N3/c1-13(2)11-14(12-18(3)4)17-15-8-10-19-9-6-5-7-16(15)19/h13-17H,5-12H2,1-4H3. The van der Waals surface area contributed by atoms with E-state index < -0.39 is 0 Å². The summed E-state index contributed by atoms with van der Waals surface area (Å²) in [4.78, 5) is 5.05. The summed E-state index contributed by atoms with van der Waals surface area (Å²) in [5.41, 5.74) is 0. The first kappa shape index (κ1) is 15.3. The number of rotatable bonds is 6. The molecule has 2 fully saturated rings. The molecule has 0 aromatic heterocycles. The van der Waals surface area contributed by atoms with Crippen molar-refractivity contribution in [3.05, 3.63) is 0 Å². The van der Waals surface area contributed by atoms with E-state index in [1.54, 1.807) is 0 Å². The maximum Gasteiger partial charge on any atom is 0.0249 e. The van der Waals surface area contributed by atoms with E-state index >= 15 is 0 Å². The fourth-order valence-corrected chi connectivity index (χ4v) is 3.95. The van der Waals surface area contributed by atoms with E-state index in [0.29, 0.717) is 6.04 Å². The zero-order chi connectivity index (χ0) is 13.8. The predicted octanol–water partition coefficient (Wildman–Crippen LogP) is 2.18. The molecule has 2 saturated heterocycles. The molecule has 0 aromatic carbocycles. The molecule has 2 rings (SSSR count). The second kappa shape index (κ2) is 7.05. The van der Waals surface area contributed by atoms with E-state index in [9.17, 15) is 0 Å². The normalized spacial score (nSPS) is 30.0. The van der Waals surface area contributed by atoms with Gasteiger partial charge in [0.15, 0.2) is 0 Å². The first-order chi connectivity index (χ1) is 9.06. The lowest BCUT2D eigenvalue weighted by Crippen LogP contribution is -2.51. The number of fused-ring (bicyclic) bond motifs is 1. The molecule has 3 atom stereocenters. The van der Waals surface area contributed by atoms with Crippen molar-refractivity contribution in [2.75, 3.05) is 33.7 Å². The SMILES string of the molecule is CC(C)CC(CN(C)C)NC1CCN2CCCCC12. The molecular weight excluding hydrogens is 234 g/mol. The second-order valence-corrected chi connectivity index (χ2v) is 7.25. The van der Waals surface area contributed by atoms with Crippen molar-refractivity contribution < 1.29 is 0 Å². The fourth-order valence-electron chi connectivity index (χ4n) is 3.95. The van der Waals surface area contributed by atoms with Gasteiger partial charge in [-0.25, -0.2) is 0 Å². The topological polar surface area (TPSA) is 18.5 Å². The molecule has 0 spiro atoms. The van der Waals surface area contributed by atoms with E-state index in [0.717, 1.165) is 18.0 Å². The summed E-state index contributed by atoms with van der Waals surface area (Å²) in [6.07, 6.45) is 6.90. The molecule has 0 saturated carbocycles. The number of likely N-dealkylation sites (N-methyl/N-ethyl adjacent to an activating group) is 1. The first-order valence-corrected chi connectivity index (χ1v) is 8.21. The Labute approximate surface area is 119 Å². The maximum absolute atomic E-state index is 3.99. The molecule has 19 heavy (non-hydrogen) atoms. The van der Waals surface area contributed by atoms with Crippen LogP contribution in [0.4, 0.5) is 0 Å². The Morgan fingerprint density at radius 2 is 1.95 bits per heavy atom. The third-order valence-electron chi connectivity index (χ3n) is 4.65. The average Bonchev–Trinajstić information content (AvgIpc) is 2.71. The summed E-state index contributed by atoms with van der Waals surface area (Å²) in [5, 5.41) is 3.99. The van der Waals surface area contributed by atoms with Crippen LogP contribution in [0.2, 0.25) is 0 Å². The molecule has 112 valence electrons. The Balaban J connectivity index is 1.88. The average molecular weight is 267 g/mol. The Morgan fingerprint density at radius 3 is 2.63 bits per heavy atom. The molecular formula is C16H33N3. The van der Waals surface area contributed by atoms with Gasteiger partial charge in [0.2, 0.25) is 0 Å². The molecule has 1 N–H and O–H groups in total. The molecule has 0 radical (unpaired) electrons. The molecule has 2 heterocycles. The number of nitrogens with zero attached hydrogens (tertiary/aromatic N) is 2. The lowest BCUT2D eigenvalue weighted by molar-refractivity contribution is 0.170. The lowest BCUT2D eigenvalue weighted by atomic mass is 9.96. The van der Waals surface area contributed by atoms with Gasteiger partial charge in [-0.2, -0.15) is 0 Å². The van der Waals surface area contributed by atoms with E-state index in [-0.39, 0.29) is 0 Å². The van der Waals surface area contributed by atoms with Crippen LogP contribution in [0.3, 0.4) is 0 Å². The molecule has 2 aliphatic heterocycles. The highest BCUT2D eigenvalue weighted by atomic mass is 15.2. The van der Waals surface area contributed by atoms with Crippen LogP contribution in [0.1, 0.15) is 46.0 Å². The largest absolute Gasteiger partial charge is 0.308 e. The van der Waals surface area contributed by atoms with Crippen LogP contribution in [-0.2, 0) is 0 Å². The second-order valence-electron chi connectivity index (χ2n) is 7.25. The minimum Gasteiger partial charge on any atom is -0.308 e. The Hall–Kier alpha value is -0.120.